The second kappa shape index (κ2) is 5.10. The zero-order valence-electron chi connectivity index (χ0n) is 11.2. The van der Waals surface area contributed by atoms with E-state index in [0.717, 1.165) is 11.1 Å². The van der Waals surface area contributed by atoms with Gasteiger partial charge in [-0.1, -0.05) is 12.1 Å². The summed E-state index contributed by atoms with van der Waals surface area (Å²) in [5, 5.41) is 2.80. The predicted octanol–water partition coefficient (Wildman–Crippen LogP) is 2.25. The van der Waals surface area contributed by atoms with Crippen LogP contribution >= 0.6 is 0 Å². The van der Waals surface area contributed by atoms with E-state index >= 15 is 0 Å². The maximum Gasteiger partial charge on any atom is 0.255 e. The third-order valence-electron chi connectivity index (χ3n) is 3.19. The maximum atomic E-state index is 12.2. The zero-order valence-corrected chi connectivity index (χ0v) is 11.2. The summed E-state index contributed by atoms with van der Waals surface area (Å²) in [6, 6.07) is 8.65. The molecule has 4 heteroatoms. The van der Waals surface area contributed by atoms with E-state index < -0.39 is 0 Å². The predicted molar refractivity (Wildman–Crippen MR) is 75.6 cm³/mol. The summed E-state index contributed by atoms with van der Waals surface area (Å²) in [6.45, 7) is 3.89. The maximum absolute atomic E-state index is 12.2. The van der Waals surface area contributed by atoms with E-state index in [0.29, 0.717) is 11.3 Å². The van der Waals surface area contributed by atoms with Crippen LogP contribution in [0.15, 0.2) is 41.3 Å². The Kier molecular flexibility index (Phi) is 3.51. The van der Waals surface area contributed by atoms with Crippen molar-refractivity contribution in [1.82, 2.24) is 4.57 Å². The highest BCUT2D eigenvalue weighted by molar-refractivity contribution is 6.05. The SMILES string of the molecule is Cc1cccc(C(=O)Nc2ccc(=O)n(C)c2)c1C. The van der Waals surface area contributed by atoms with Crippen LogP contribution in [0.3, 0.4) is 0 Å². The van der Waals surface area contributed by atoms with E-state index in [2.05, 4.69) is 5.32 Å². The number of carbonyl (C=O) groups is 1. The molecule has 0 aliphatic heterocycles. The largest absolute Gasteiger partial charge is 0.321 e. The minimum absolute atomic E-state index is 0.107. The van der Waals surface area contributed by atoms with Crippen molar-refractivity contribution >= 4 is 11.6 Å². The lowest BCUT2D eigenvalue weighted by molar-refractivity contribution is 0.102. The first-order valence-electron chi connectivity index (χ1n) is 6.03. The number of aryl methyl sites for hydroxylation is 2. The van der Waals surface area contributed by atoms with Crippen LogP contribution in [0.2, 0.25) is 0 Å². The standard InChI is InChI=1S/C15H16N2O2/c1-10-5-4-6-13(11(10)2)15(19)16-12-7-8-14(18)17(3)9-12/h4-9H,1-3H3,(H,16,19). The highest BCUT2D eigenvalue weighted by Crippen LogP contribution is 2.14. The van der Waals surface area contributed by atoms with E-state index in [1.165, 1.54) is 10.6 Å². The van der Waals surface area contributed by atoms with Gasteiger partial charge in [0.15, 0.2) is 0 Å². The Morgan fingerprint density at radius 2 is 1.89 bits per heavy atom. The number of rotatable bonds is 2. The highest BCUT2D eigenvalue weighted by atomic mass is 16.1. The molecule has 0 unspecified atom stereocenters. The summed E-state index contributed by atoms with van der Waals surface area (Å²) in [5.41, 5.74) is 3.18. The zero-order chi connectivity index (χ0) is 14.0. The summed E-state index contributed by atoms with van der Waals surface area (Å²) < 4.78 is 1.43. The number of aromatic nitrogens is 1. The van der Waals surface area contributed by atoms with Crippen molar-refractivity contribution in [2.75, 3.05) is 5.32 Å². The molecule has 0 saturated carbocycles. The van der Waals surface area contributed by atoms with E-state index in [1.807, 2.05) is 26.0 Å². The number of benzene rings is 1. The second-order valence-electron chi connectivity index (χ2n) is 4.57. The van der Waals surface area contributed by atoms with Crippen LogP contribution in [0.5, 0.6) is 0 Å². The van der Waals surface area contributed by atoms with Crippen molar-refractivity contribution in [3.63, 3.8) is 0 Å². The van der Waals surface area contributed by atoms with Crippen molar-refractivity contribution in [2.24, 2.45) is 7.05 Å². The molecular formula is C15H16N2O2. The van der Waals surface area contributed by atoms with Crippen molar-refractivity contribution in [3.8, 4) is 0 Å². The Morgan fingerprint density at radius 1 is 1.16 bits per heavy atom. The smallest absolute Gasteiger partial charge is 0.255 e. The van der Waals surface area contributed by atoms with Gasteiger partial charge in [0.05, 0.1) is 5.69 Å². The van der Waals surface area contributed by atoms with Crippen LogP contribution in [-0.4, -0.2) is 10.5 Å². The van der Waals surface area contributed by atoms with E-state index in [-0.39, 0.29) is 11.5 Å². The van der Waals surface area contributed by atoms with Crippen LogP contribution in [0, 0.1) is 13.8 Å². The van der Waals surface area contributed by atoms with Gasteiger partial charge in [-0.3, -0.25) is 9.59 Å². The molecule has 1 amide bonds. The number of nitrogens with one attached hydrogen (secondary N) is 1. The van der Waals surface area contributed by atoms with Gasteiger partial charge in [0.1, 0.15) is 0 Å². The lowest BCUT2D eigenvalue weighted by Crippen LogP contribution is -2.18. The van der Waals surface area contributed by atoms with Crippen LogP contribution in [0.4, 0.5) is 5.69 Å². The van der Waals surface area contributed by atoms with Crippen molar-refractivity contribution in [1.29, 1.82) is 0 Å². The molecule has 1 N–H and O–H groups in total. The molecular weight excluding hydrogens is 240 g/mol. The molecule has 0 spiro atoms. The van der Waals surface area contributed by atoms with Crippen LogP contribution in [0.25, 0.3) is 0 Å². The lowest BCUT2D eigenvalue weighted by atomic mass is 10.0. The Hall–Kier alpha value is -2.36. The molecule has 98 valence electrons. The van der Waals surface area contributed by atoms with Crippen molar-refractivity contribution in [2.45, 2.75) is 13.8 Å². The average molecular weight is 256 g/mol. The molecule has 0 fully saturated rings. The summed E-state index contributed by atoms with van der Waals surface area (Å²) in [5.74, 6) is -0.167. The fourth-order valence-corrected chi connectivity index (χ4v) is 1.86. The Morgan fingerprint density at radius 3 is 2.58 bits per heavy atom. The van der Waals surface area contributed by atoms with Gasteiger partial charge < -0.3 is 9.88 Å². The Bertz CT molecular complexity index is 687. The van der Waals surface area contributed by atoms with Gasteiger partial charge in [-0.15, -0.1) is 0 Å². The first-order chi connectivity index (χ1) is 8.99. The van der Waals surface area contributed by atoms with Gasteiger partial charge >= 0.3 is 0 Å². The van der Waals surface area contributed by atoms with Crippen LogP contribution in [0.1, 0.15) is 21.5 Å². The number of amides is 1. The average Bonchev–Trinajstić information content (AvgIpc) is 2.37. The summed E-state index contributed by atoms with van der Waals surface area (Å²) in [4.78, 5) is 23.5. The Labute approximate surface area is 111 Å². The molecule has 2 aromatic rings. The molecule has 1 aromatic heterocycles. The molecule has 0 saturated heterocycles. The third-order valence-corrected chi connectivity index (χ3v) is 3.19. The normalized spacial score (nSPS) is 10.3. The van der Waals surface area contributed by atoms with Crippen molar-refractivity contribution < 1.29 is 4.79 Å². The summed E-state index contributed by atoms with van der Waals surface area (Å²) in [7, 11) is 1.65. The second-order valence-corrected chi connectivity index (χ2v) is 4.57. The molecule has 0 radical (unpaired) electrons. The topological polar surface area (TPSA) is 51.1 Å². The summed E-state index contributed by atoms with van der Waals surface area (Å²) >= 11 is 0. The Balaban J connectivity index is 2.28. The van der Waals surface area contributed by atoms with Crippen LogP contribution < -0.4 is 10.9 Å². The number of anilines is 1. The molecule has 1 heterocycles. The summed E-state index contributed by atoms with van der Waals surface area (Å²) in [6.07, 6.45) is 1.60. The van der Waals surface area contributed by atoms with Gasteiger partial charge in [-0.25, -0.2) is 0 Å². The van der Waals surface area contributed by atoms with E-state index in [9.17, 15) is 9.59 Å². The fraction of sp³-hybridized carbons (Fsp3) is 0.200. The third kappa shape index (κ3) is 2.73. The number of pyridine rings is 1. The molecule has 0 aliphatic rings. The number of hydrogen-bond acceptors (Lipinski definition) is 2. The molecule has 2 rings (SSSR count). The van der Waals surface area contributed by atoms with Gasteiger partial charge in [0, 0.05) is 24.9 Å². The number of nitrogens with zero attached hydrogens (tertiary/aromatic N) is 1. The quantitative estimate of drug-likeness (QED) is 0.896. The molecule has 4 nitrogen and oxygen atoms in total. The first kappa shape index (κ1) is 13.1. The van der Waals surface area contributed by atoms with Gasteiger partial charge in [0.25, 0.3) is 5.91 Å². The first-order valence-corrected chi connectivity index (χ1v) is 6.03. The lowest BCUT2D eigenvalue weighted by Gasteiger charge is -2.10. The van der Waals surface area contributed by atoms with E-state index in [1.54, 1.807) is 25.4 Å². The van der Waals surface area contributed by atoms with Crippen molar-refractivity contribution in [3.05, 3.63) is 63.6 Å². The van der Waals surface area contributed by atoms with Gasteiger partial charge in [-0.05, 0) is 37.1 Å². The minimum atomic E-state index is -0.167. The monoisotopic (exact) mass is 256 g/mol. The number of carbonyl (C=O) groups excluding carboxylic acids is 1. The minimum Gasteiger partial charge on any atom is -0.321 e. The molecule has 0 bridgehead atoms. The van der Waals surface area contributed by atoms with Gasteiger partial charge in [-0.2, -0.15) is 0 Å². The molecule has 19 heavy (non-hydrogen) atoms. The molecule has 0 atom stereocenters. The van der Waals surface area contributed by atoms with Crippen LogP contribution in [-0.2, 0) is 7.05 Å². The molecule has 0 aliphatic carbocycles. The van der Waals surface area contributed by atoms with Gasteiger partial charge in [0.2, 0.25) is 5.56 Å². The number of hydrogen-bond donors (Lipinski definition) is 1. The highest BCUT2D eigenvalue weighted by Gasteiger charge is 2.10. The molecule has 1 aromatic carbocycles. The fourth-order valence-electron chi connectivity index (χ4n) is 1.86. The van der Waals surface area contributed by atoms with E-state index in [4.69, 9.17) is 0 Å².